The lowest BCUT2D eigenvalue weighted by Crippen LogP contribution is -2.40. The van der Waals surface area contributed by atoms with E-state index in [0.717, 1.165) is 18.5 Å². The Hall–Kier alpha value is -3.39. The number of nitrogens with zero attached hydrogens (tertiary/aromatic N) is 2. The van der Waals surface area contributed by atoms with Gasteiger partial charge in [0.15, 0.2) is 0 Å². The Balaban J connectivity index is 1.52. The summed E-state index contributed by atoms with van der Waals surface area (Å²) in [5.41, 5.74) is 2.50. The van der Waals surface area contributed by atoms with Crippen LogP contribution in [0, 0.1) is 0 Å². The van der Waals surface area contributed by atoms with Crippen LogP contribution < -0.4 is 10.6 Å². The number of carbonyl (C=O) groups excluding carboxylic acids is 3. The summed E-state index contributed by atoms with van der Waals surface area (Å²) < 4.78 is 5.29. The van der Waals surface area contributed by atoms with Gasteiger partial charge < -0.3 is 25.2 Å². The summed E-state index contributed by atoms with van der Waals surface area (Å²) in [6, 6.07) is 14.1. The van der Waals surface area contributed by atoms with Crippen LogP contribution in [-0.2, 0) is 9.53 Å². The van der Waals surface area contributed by atoms with Crippen molar-refractivity contribution in [3.63, 3.8) is 0 Å². The largest absolute Gasteiger partial charge is 0.378 e. The molecule has 1 aliphatic heterocycles. The molecule has 1 saturated heterocycles. The number of hydrogen-bond acceptors (Lipinski definition) is 5. The SMILES string of the molecule is CCCN(CCC)C(=O)c1cccc(NC(=O)CNc2ccc(C(=O)N3CCOCC3)cc2)c1. The minimum Gasteiger partial charge on any atom is -0.378 e. The van der Waals surface area contributed by atoms with Crippen molar-refractivity contribution >= 4 is 29.1 Å². The zero-order chi connectivity index (χ0) is 24.3. The van der Waals surface area contributed by atoms with Crippen molar-refractivity contribution in [1.29, 1.82) is 0 Å². The number of anilines is 2. The summed E-state index contributed by atoms with van der Waals surface area (Å²) in [6.07, 6.45) is 1.80. The van der Waals surface area contributed by atoms with Crippen LogP contribution in [-0.4, -0.2) is 73.5 Å². The molecule has 1 aliphatic rings. The third-order valence-corrected chi connectivity index (χ3v) is 5.55. The molecule has 2 aromatic rings. The van der Waals surface area contributed by atoms with Crippen LogP contribution in [0.4, 0.5) is 11.4 Å². The highest BCUT2D eigenvalue weighted by atomic mass is 16.5. The minimum atomic E-state index is -0.225. The molecule has 0 aromatic heterocycles. The van der Waals surface area contributed by atoms with Gasteiger partial charge in [-0.25, -0.2) is 0 Å². The third kappa shape index (κ3) is 7.05. The lowest BCUT2D eigenvalue weighted by molar-refractivity contribution is -0.114. The predicted octanol–water partition coefficient (Wildman–Crippen LogP) is 3.47. The van der Waals surface area contributed by atoms with Crippen molar-refractivity contribution in [1.82, 2.24) is 9.80 Å². The van der Waals surface area contributed by atoms with E-state index in [1.807, 2.05) is 4.90 Å². The average molecular weight is 467 g/mol. The Morgan fingerprint density at radius 2 is 1.59 bits per heavy atom. The first kappa shape index (κ1) is 25.2. The van der Waals surface area contributed by atoms with Crippen molar-refractivity contribution in [3.8, 4) is 0 Å². The fraction of sp³-hybridized carbons (Fsp3) is 0.423. The molecule has 8 heteroatoms. The molecule has 1 fully saturated rings. The van der Waals surface area contributed by atoms with Crippen molar-refractivity contribution in [2.45, 2.75) is 26.7 Å². The highest BCUT2D eigenvalue weighted by molar-refractivity contribution is 5.98. The molecule has 34 heavy (non-hydrogen) atoms. The highest BCUT2D eigenvalue weighted by Gasteiger charge is 2.18. The van der Waals surface area contributed by atoms with Crippen molar-refractivity contribution < 1.29 is 19.1 Å². The first-order chi connectivity index (χ1) is 16.5. The van der Waals surface area contributed by atoms with E-state index in [0.29, 0.717) is 56.2 Å². The predicted molar refractivity (Wildman–Crippen MR) is 133 cm³/mol. The van der Waals surface area contributed by atoms with Crippen LogP contribution in [0.1, 0.15) is 47.4 Å². The number of morpholine rings is 1. The van der Waals surface area contributed by atoms with E-state index in [4.69, 9.17) is 4.74 Å². The molecule has 0 bridgehead atoms. The Kier molecular flexibility index (Phi) is 9.46. The molecular weight excluding hydrogens is 432 g/mol. The summed E-state index contributed by atoms with van der Waals surface area (Å²) in [5.74, 6) is -0.264. The van der Waals surface area contributed by atoms with Crippen molar-refractivity contribution in [2.75, 3.05) is 56.6 Å². The van der Waals surface area contributed by atoms with Crippen LogP contribution in [0.5, 0.6) is 0 Å². The molecule has 0 spiro atoms. The van der Waals surface area contributed by atoms with E-state index < -0.39 is 0 Å². The number of benzene rings is 2. The third-order valence-electron chi connectivity index (χ3n) is 5.55. The van der Waals surface area contributed by atoms with Crippen LogP contribution >= 0.6 is 0 Å². The second-order valence-electron chi connectivity index (χ2n) is 8.26. The molecule has 0 saturated carbocycles. The molecule has 182 valence electrons. The summed E-state index contributed by atoms with van der Waals surface area (Å²) in [4.78, 5) is 41.4. The maximum atomic E-state index is 12.8. The van der Waals surface area contributed by atoms with Gasteiger partial charge in [0.2, 0.25) is 5.91 Å². The Labute approximate surface area is 201 Å². The number of carbonyl (C=O) groups is 3. The van der Waals surface area contributed by atoms with Gasteiger partial charge in [0.1, 0.15) is 0 Å². The van der Waals surface area contributed by atoms with Crippen molar-refractivity contribution in [2.24, 2.45) is 0 Å². The van der Waals surface area contributed by atoms with Gasteiger partial charge >= 0.3 is 0 Å². The van der Waals surface area contributed by atoms with Gasteiger partial charge in [0.25, 0.3) is 11.8 Å². The summed E-state index contributed by atoms with van der Waals surface area (Å²) in [7, 11) is 0. The smallest absolute Gasteiger partial charge is 0.254 e. The lowest BCUT2D eigenvalue weighted by atomic mass is 10.1. The molecule has 0 unspecified atom stereocenters. The summed E-state index contributed by atoms with van der Waals surface area (Å²) in [5, 5.41) is 5.91. The van der Waals surface area contributed by atoms with Crippen molar-refractivity contribution in [3.05, 3.63) is 59.7 Å². The average Bonchev–Trinajstić information content (AvgIpc) is 2.87. The molecule has 3 rings (SSSR count). The molecule has 3 amide bonds. The lowest BCUT2D eigenvalue weighted by Gasteiger charge is -2.26. The van der Waals surface area contributed by atoms with E-state index in [1.165, 1.54) is 0 Å². The van der Waals surface area contributed by atoms with E-state index in [-0.39, 0.29) is 24.3 Å². The molecule has 2 aromatic carbocycles. The second kappa shape index (κ2) is 12.7. The zero-order valence-electron chi connectivity index (χ0n) is 20.0. The van der Waals surface area contributed by atoms with Gasteiger partial charge in [-0.3, -0.25) is 14.4 Å². The molecular formula is C26H34N4O4. The van der Waals surface area contributed by atoms with E-state index in [2.05, 4.69) is 24.5 Å². The van der Waals surface area contributed by atoms with E-state index >= 15 is 0 Å². The molecule has 0 atom stereocenters. The van der Waals surface area contributed by atoms with E-state index in [9.17, 15) is 14.4 Å². The fourth-order valence-corrected chi connectivity index (χ4v) is 3.83. The summed E-state index contributed by atoms with van der Waals surface area (Å²) >= 11 is 0. The number of ether oxygens (including phenoxy) is 1. The van der Waals surface area contributed by atoms with Gasteiger partial charge in [-0.2, -0.15) is 0 Å². The van der Waals surface area contributed by atoms with Crippen LogP contribution in [0.2, 0.25) is 0 Å². The summed E-state index contributed by atoms with van der Waals surface area (Å²) in [6.45, 7) is 7.91. The maximum Gasteiger partial charge on any atom is 0.254 e. The fourth-order valence-electron chi connectivity index (χ4n) is 3.83. The first-order valence-electron chi connectivity index (χ1n) is 11.9. The minimum absolute atomic E-state index is 0.0153. The number of amides is 3. The highest BCUT2D eigenvalue weighted by Crippen LogP contribution is 2.15. The molecule has 1 heterocycles. The quantitative estimate of drug-likeness (QED) is 0.560. The molecule has 8 nitrogen and oxygen atoms in total. The molecule has 0 aliphatic carbocycles. The molecule has 2 N–H and O–H groups in total. The van der Waals surface area contributed by atoms with Crippen LogP contribution in [0.25, 0.3) is 0 Å². The zero-order valence-corrected chi connectivity index (χ0v) is 20.0. The number of nitrogens with one attached hydrogen (secondary N) is 2. The normalized spacial score (nSPS) is 13.3. The first-order valence-corrected chi connectivity index (χ1v) is 11.9. The standard InChI is InChI=1S/C26H34N4O4/c1-3-12-29(13-4-2)26(33)21-6-5-7-23(18-21)28-24(31)19-27-22-10-8-20(9-11-22)25(32)30-14-16-34-17-15-30/h5-11,18,27H,3-4,12-17,19H2,1-2H3,(H,28,31). The van der Waals surface area contributed by atoms with Gasteiger partial charge in [-0.1, -0.05) is 19.9 Å². The van der Waals surface area contributed by atoms with Gasteiger partial charge in [-0.15, -0.1) is 0 Å². The number of hydrogen-bond donors (Lipinski definition) is 2. The van der Waals surface area contributed by atoms with Gasteiger partial charge in [0.05, 0.1) is 19.8 Å². The van der Waals surface area contributed by atoms with Gasteiger partial charge in [0, 0.05) is 48.7 Å². The van der Waals surface area contributed by atoms with Crippen LogP contribution in [0.3, 0.4) is 0 Å². The monoisotopic (exact) mass is 466 g/mol. The Morgan fingerprint density at radius 3 is 2.24 bits per heavy atom. The maximum absolute atomic E-state index is 12.8. The van der Waals surface area contributed by atoms with Crippen LogP contribution in [0.15, 0.2) is 48.5 Å². The van der Waals surface area contributed by atoms with Gasteiger partial charge in [-0.05, 0) is 55.3 Å². The second-order valence-corrected chi connectivity index (χ2v) is 8.26. The van der Waals surface area contributed by atoms with E-state index in [1.54, 1.807) is 53.4 Å². The molecule has 0 radical (unpaired) electrons. The topological polar surface area (TPSA) is 91.0 Å². The number of rotatable bonds is 10. The Bertz CT molecular complexity index is 965. The Morgan fingerprint density at radius 1 is 0.912 bits per heavy atom.